The van der Waals surface area contributed by atoms with E-state index in [9.17, 15) is 19.7 Å². The van der Waals surface area contributed by atoms with E-state index in [-0.39, 0.29) is 12.3 Å². The lowest BCUT2D eigenvalue weighted by Crippen LogP contribution is -2.43. The van der Waals surface area contributed by atoms with Gasteiger partial charge >= 0.3 is 0 Å². The van der Waals surface area contributed by atoms with Gasteiger partial charge < -0.3 is 4.74 Å². The molecular weight excluding hydrogens is 442 g/mol. The molecule has 8 nitrogen and oxygen atoms in total. The fourth-order valence-electron chi connectivity index (χ4n) is 1.82. The summed E-state index contributed by atoms with van der Waals surface area (Å²) in [7, 11) is 0. The molecule has 10 heteroatoms. The topological polar surface area (TPSA) is 111 Å². The lowest BCUT2D eigenvalue weighted by atomic mass is 10.2. The van der Waals surface area contributed by atoms with Crippen molar-refractivity contribution in [1.82, 2.24) is 10.9 Å². The van der Waals surface area contributed by atoms with Gasteiger partial charge in [-0.1, -0.05) is 11.6 Å². The van der Waals surface area contributed by atoms with Crippen LogP contribution < -0.4 is 15.6 Å². The maximum atomic E-state index is 11.7. The molecule has 2 aromatic carbocycles. The van der Waals surface area contributed by atoms with Crippen LogP contribution in [0.2, 0.25) is 5.02 Å². The fourth-order valence-corrected chi connectivity index (χ4v) is 2.62. The Hall–Kier alpha value is -2.91. The number of rotatable bonds is 6. The average molecular weight is 455 g/mol. The standard InChI is InChI=1S/C17H13BrClN3O5/c18-14-9-12(19)4-7-15(14)27-10-17(24)21-20-16(23)8-3-11-1-5-13(6-2-11)22(25)26/h1-9H,10H2,(H,20,23)(H,21,24)/b8-3+. The number of hydrazine groups is 1. The van der Waals surface area contributed by atoms with Crippen molar-refractivity contribution < 1.29 is 19.2 Å². The Bertz CT molecular complexity index is 887. The first-order chi connectivity index (χ1) is 12.8. The van der Waals surface area contributed by atoms with Gasteiger partial charge in [0.1, 0.15) is 5.75 Å². The van der Waals surface area contributed by atoms with E-state index in [1.165, 1.54) is 36.4 Å². The first-order valence-electron chi connectivity index (χ1n) is 7.44. The monoisotopic (exact) mass is 453 g/mol. The summed E-state index contributed by atoms with van der Waals surface area (Å²) < 4.78 is 5.90. The van der Waals surface area contributed by atoms with Gasteiger partial charge in [-0.3, -0.25) is 30.6 Å². The zero-order chi connectivity index (χ0) is 19.8. The summed E-state index contributed by atoms with van der Waals surface area (Å²) in [6.07, 6.45) is 2.63. The molecular formula is C17H13BrClN3O5. The molecule has 0 atom stereocenters. The van der Waals surface area contributed by atoms with Crippen LogP contribution in [0.15, 0.2) is 53.0 Å². The summed E-state index contributed by atoms with van der Waals surface area (Å²) in [5.74, 6) is -0.706. The minimum absolute atomic E-state index is 0.0452. The number of nitrogens with one attached hydrogen (secondary N) is 2. The SMILES string of the molecule is O=C(/C=C/c1ccc([N+](=O)[O-])cc1)NNC(=O)COc1ccc(Cl)cc1Br. The van der Waals surface area contributed by atoms with Crippen LogP contribution in [-0.2, 0) is 9.59 Å². The van der Waals surface area contributed by atoms with Crippen LogP contribution in [0.25, 0.3) is 6.08 Å². The third-order valence-electron chi connectivity index (χ3n) is 3.11. The van der Waals surface area contributed by atoms with Gasteiger partial charge in [-0.15, -0.1) is 0 Å². The number of carbonyl (C=O) groups is 2. The van der Waals surface area contributed by atoms with Gasteiger partial charge in [0, 0.05) is 23.2 Å². The van der Waals surface area contributed by atoms with Crippen molar-refractivity contribution in [3.05, 3.63) is 73.7 Å². The molecule has 2 aromatic rings. The number of nitro benzene ring substituents is 1. The summed E-state index contributed by atoms with van der Waals surface area (Å²) in [6, 6.07) is 10.5. The number of ether oxygens (including phenoxy) is 1. The van der Waals surface area contributed by atoms with E-state index in [1.807, 2.05) is 0 Å². The van der Waals surface area contributed by atoms with E-state index in [1.54, 1.807) is 18.2 Å². The second-order valence-electron chi connectivity index (χ2n) is 5.08. The van der Waals surface area contributed by atoms with Crippen LogP contribution in [0, 0.1) is 10.1 Å². The Balaban J connectivity index is 1.77. The van der Waals surface area contributed by atoms with Gasteiger partial charge in [-0.05, 0) is 57.9 Å². The quantitative estimate of drug-likeness (QED) is 0.395. The maximum Gasteiger partial charge on any atom is 0.276 e. The van der Waals surface area contributed by atoms with E-state index in [2.05, 4.69) is 26.8 Å². The first kappa shape index (κ1) is 20.4. The zero-order valence-electron chi connectivity index (χ0n) is 13.6. The van der Waals surface area contributed by atoms with Crippen LogP contribution in [0.3, 0.4) is 0 Å². The van der Waals surface area contributed by atoms with Crippen molar-refractivity contribution in [3.63, 3.8) is 0 Å². The Morgan fingerprint density at radius 3 is 2.52 bits per heavy atom. The molecule has 2 rings (SSSR count). The highest BCUT2D eigenvalue weighted by Crippen LogP contribution is 2.27. The van der Waals surface area contributed by atoms with Crippen LogP contribution in [0.5, 0.6) is 5.75 Å². The normalized spacial score (nSPS) is 10.4. The zero-order valence-corrected chi connectivity index (χ0v) is 16.0. The number of carbonyl (C=O) groups excluding carboxylic acids is 2. The van der Waals surface area contributed by atoms with Crippen molar-refractivity contribution in [2.45, 2.75) is 0 Å². The summed E-state index contributed by atoms with van der Waals surface area (Å²) in [5, 5.41) is 11.1. The number of benzene rings is 2. The summed E-state index contributed by atoms with van der Waals surface area (Å²) in [5.41, 5.74) is 4.94. The van der Waals surface area contributed by atoms with Crippen molar-refractivity contribution in [2.75, 3.05) is 6.61 Å². The van der Waals surface area contributed by atoms with Crippen LogP contribution in [0.4, 0.5) is 5.69 Å². The van der Waals surface area contributed by atoms with Crippen molar-refractivity contribution >= 4 is 51.1 Å². The Morgan fingerprint density at radius 2 is 1.89 bits per heavy atom. The molecule has 0 saturated heterocycles. The molecule has 0 spiro atoms. The molecule has 0 bridgehead atoms. The lowest BCUT2D eigenvalue weighted by Gasteiger charge is -2.09. The summed E-state index contributed by atoms with van der Waals surface area (Å²) in [6.45, 7) is -0.313. The van der Waals surface area contributed by atoms with Crippen molar-refractivity contribution in [1.29, 1.82) is 0 Å². The van der Waals surface area contributed by atoms with Crippen LogP contribution in [0.1, 0.15) is 5.56 Å². The molecule has 0 aliphatic carbocycles. The molecule has 2 N–H and O–H groups in total. The van der Waals surface area contributed by atoms with Gasteiger partial charge in [-0.2, -0.15) is 0 Å². The molecule has 0 fully saturated rings. The van der Waals surface area contributed by atoms with E-state index in [0.717, 1.165) is 0 Å². The van der Waals surface area contributed by atoms with Crippen LogP contribution in [-0.4, -0.2) is 23.3 Å². The van der Waals surface area contributed by atoms with Crippen molar-refractivity contribution in [2.24, 2.45) is 0 Å². The maximum absolute atomic E-state index is 11.7. The number of amides is 2. The van der Waals surface area contributed by atoms with E-state index in [4.69, 9.17) is 16.3 Å². The molecule has 0 heterocycles. The van der Waals surface area contributed by atoms with E-state index >= 15 is 0 Å². The highest BCUT2D eigenvalue weighted by atomic mass is 79.9. The molecule has 140 valence electrons. The molecule has 2 amide bonds. The van der Waals surface area contributed by atoms with E-state index < -0.39 is 16.7 Å². The van der Waals surface area contributed by atoms with Gasteiger partial charge in [0.05, 0.1) is 9.40 Å². The predicted molar refractivity (Wildman–Crippen MR) is 103 cm³/mol. The van der Waals surface area contributed by atoms with Gasteiger partial charge in [0.2, 0.25) is 0 Å². The highest BCUT2D eigenvalue weighted by molar-refractivity contribution is 9.10. The first-order valence-corrected chi connectivity index (χ1v) is 8.61. The number of hydrogen-bond donors (Lipinski definition) is 2. The van der Waals surface area contributed by atoms with Gasteiger partial charge in [0.25, 0.3) is 17.5 Å². The average Bonchev–Trinajstić information content (AvgIpc) is 2.64. The molecule has 0 aliphatic rings. The molecule has 0 aromatic heterocycles. The molecule has 0 unspecified atom stereocenters. The number of nitro groups is 1. The Morgan fingerprint density at radius 1 is 1.19 bits per heavy atom. The smallest absolute Gasteiger partial charge is 0.276 e. The van der Waals surface area contributed by atoms with Gasteiger partial charge in [-0.25, -0.2) is 0 Å². The summed E-state index contributed by atoms with van der Waals surface area (Å²) >= 11 is 9.07. The van der Waals surface area contributed by atoms with Gasteiger partial charge in [0.15, 0.2) is 6.61 Å². The number of halogens is 2. The molecule has 0 radical (unpaired) electrons. The number of nitrogens with zero attached hydrogens (tertiary/aromatic N) is 1. The largest absolute Gasteiger partial charge is 0.483 e. The highest BCUT2D eigenvalue weighted by Gasteiger charge is 2.07. The van der Waals surface area contributed by atoms with E-state index in [0.29, 0.717) is 20.8 Å². The molecule has 0 aliphatic heterocycles. The Labute approximate surface area is 167 Å². The third-order valence-corrected chi connectivity index (χ3v) is 3.96. The third kappa shape index (κ3) is 6.72. The second-order valence-corrected chi connectivity index (χ2v) is 6.37. The molecule has 0 saturated carbocycles. The lowest BCUT2D eigenvalue weighted by molar-refractivity contribution is -0.384. The fraction of sp³-hybridized carbons (Fsp3) is 0.0588. The van der Waals surface area contributed by atoms with Crippen LogP contribution >= 0.6 is 27.5 Å². The second kappa shape index (κ2) is 9.70. The summed E-state index contributed by atoms with van der Waals surface area (Å²) in [4.78, 5) is 33.4. The number of non-ortho nitro benzene ring substituents is 1. The minimum atomic E-state index is -0.575. The Kier molecular flexibility index (Phi) is 7.33. The predicted octanol–water partition coefficient (Wildman–Crippen LogP) is 3.25. The number of hydrogen-bond acceptors (Lipinski definition) is 5. The van der Waals surface area contributed by atoms with Crippen molar-refractivity contribution in [3.8, 4) is 5.75 Å². The molecule has 27 heavy (non-hydrogen) atoms. The minimum Gasteiger partial charge on any atom is -0.483 e.